The van der Waals surface area contributed by atoms with Gasteiger partial charge in [-0.05, 0) is 31.0 Å². The highest BCUT2D eigenvalue weighted by Gasteiger charge is 2.30. The Hall–Kier alpha value is -2.56. The molecule has 0 saturated heterocycles. The minimum atomic E-state index is -4.44. The Morgan fingerprint density at radius 2 is 1.87 bits per heavy atom. The summed E-state index contributed by atoms with van der Waals surface area (Å²) < 4.78 is 37.3. The quantitative estimate of drug-likeness (QED) is 0.833. The molecule has 0 aliphatic heterocycles. The molecular weight excluding hydrogens is 311 g/mol. The van der Waals surface area contributed by atoms with Crippen LogP contribution in [0.3, 0.4) is 0 Å². The van der Waals surface area contributed by atoms with E-state index in [1.807, 2.05) is 6.07 Å². The molecule has 0 spiro atoms. The summed E-state index contributed by atoms with van der Waals surface area (Å²) in [5.41, 5.74) is 4.72. The second-order valence-corrected chi connectivity index (χ2v) is 5.16. The number of nitrogens with one attached hydrogen (secondary N) is 1. The molecule has 124 valence electrons. The van der Waals surface area contributed by atoms with Gasteiger partial charge in [0.25, 0.3) is 0 Å². The van der Waals surface area contributed by atoms with Crippen molar-refractivity contribution in [2.75, 3.05) is 0 Å². The average molecular weight is 327 g/mol. The summed E-state index contributed by atoms with van der Waals surface area (Å²) in [5, 5.41) is 11.1. The van der Waals surface area contributed by atoms with Gasteiger partial charge in [-0.2, -0.15) is 18.4 Å². The third-order valence-corrected chi connectivity index (χ3v) is 3.13. The van der Waals surface area contributed by atoms with E-state index in [0.717, 1.165) is 12.1 Å². The van der Waals surface area contributed by atoms with Crippen LogP contribution in [0.5, 0.6) is 0 Å². The molecule has 0 fully saturated rings. The largest absolute Gasteiger partial charge is 0.416 e. The lowest BCUT2D eigenvalue weighted by Gasteiger charge is -2.16. The first kappa shape index (κ1) is 18.5. The van der Waals surface area contributed by atoms with Crippen LogP contribution in [0.15, 0.2) is 24.3 Å². The van der Waals surface area contributed by atoms with Gasteiger partial charge in [0.2, 0.25) is 11.8 Å². The van der Waals surface area contributed by atoms with Crippen molar-refractivity contribution in [2.24, 2.45) is 11.7 Å². The molecule has 0 unspecified atom stereocenters. The number of primary amides is 1. The van der Waals surface area contributed by atoms with Crippen molar-refractivity contribution in [2.45, 2.75) is 32.0 Å². The topological polar surface area (TPSA) is 96.0 Å². The van der Waals surface area contributed by atoms with Gasteiger partial charge in [0, 0.05) is 5.92 Å². The molecule has 5 nitrogen and oxygen atoms in total. The van der Waals surface area contributed by atoms with Crippen molar-refractivity contribution < 1.29 is 22.8 Å². The zero-order valence-electron chi connectivity index (χ0n) is 12.4. The van der Waals surface area contributed by atoms with Crippen LogP contribution in [0.25, 0.3) is 0 Å². The first-order valence-electron chi connectivity index (χ1n) is 6.78. The fourth-order valence-corrected chi connectivity index (χ4v) is 1.89. The van der Waals surface area contributed by atoms with Gasteiger partial charge in [0.1, 0.15) is 6.04 Å². The predicted molar refractivity (Wildman–Crippen MR) is 75.7 cm³/mol. The summed E-state index contributed by atoms with van der Waals surface area (Å²) in [6, 6.07) is 5.08. The molecule has 2 amide bonds. The van der Waals surface area contributed by atoms with Crippen LogP contribution in [-0.4, -0.2) is 17.9 Å². The molecule has 0 saturated carbocycles. The van der Waals surface area contributed by atoms with Gasteiger partial charge in [-0.1, -0.05) is 12.1 Å². The second-order valence-electron chi connectivity index (χ2n) is 5.16. The second kappa shape index (κ2) is 7.63. The molecule has 1 rings (SSSR count). The molecule has 0 aromatic heterocycles. The number of nitrogens with two attached hydrogens (primary N) is 1. The molecule has 0 aliphatic rings. The standard InChI is InChI=1S/C15H16F3N3O2/c1-9(8-19)6-12(14(20)23)21-13(22)7-10-2-4-11(5-3-10)15(16,17)18/h2-5,9,12H,6-7H2,1H3,(H2,20,23)(H,21,22)/t9-,12-/m1/s1. The van der Waals surface area contributed by atoms with E-state index in [-0.39, 0.29) is 12.8 Å². The highest BCUT2D eigenvalue weighted by Crippen LogP contribution is 2.29. The zero-order chi connectivity index (χ0) is 17.6. The molecule has 0 aliphatic carbocycles. The molecule has 2 atom stereocenters. The van der Waals surface area contributed by atoms with Crippen molar-refractivity contribution in [3.8, 4) is 6.07 Å². The number of hydrogen-bond acceptors (Lipinski definition) is 3. The number of carbonyl (C=O) groups excluding carboxylic acids is 2. The van der Waals surface area contributed by atoms with Gasteiger partial charge in [-0.15, -0.1) is 0 Å². The minimum Gasteiger partial charge on any atom is -0.368 e. The van der Waals surface area contributed by atoms with Gasteiger partial charge in [-0.25, -0.2) is 0 Å². The van der Waals surface area contributed by atoms with Crippen LogP contribution >= 0.6 is 0 Å². The van der Waals surface area contributed by atoms with Crippen LogP contribution in [0.2, 0.25) is 0 Å². The van der Waals surface area contributed by atoms with E-state index in [1.165, 1.54) is 12.1 Å². The SMILES string of the molecule is C[C@@H](C#N)C[C@@H](NC(=O)Cc1ccc(C(F)(F)F)cc1)C(N)=O. The first-order valence-corrected chi connectivity index (χ1v) is 6.78. The molecule has 0 heterocycles. The monoisotopic (exact) mass is 327 g/mol. The Bertz CT molecular complexity index is 606. The van der Waals surface area contributed by atoms with E-state index in [2.05, 4.69) is 5.32 Å². The van der Waals surface area contributed by atoms with Crippen LogP contribution in [-0.2, 0) is 22.2 Å². The Kier molecular flexibility index (Phi) is 6.13. The fourth-order valence-electron chi connectivity index (χ4n) is 1.89. The number of benzene rings is 1. The minimum absolute atomic E-state index is 0.0740. The summed E-state index contributed by atoms with van der Waals surface area (Å²) in [5.74, 6) is -1.80. The van der Waals surface area contributed by atoms with E-state index >= 15 is 0 Å². The van der Waals surface area contributed by atoms with E-state index < -0.39 is 35.5 Å². The molecule has 1 aromatic carbocycles. The van der Waals surface area contributed by atoms with Crippen LogP contribution in [0.4, 0.5) is 13.2 Å². The maximum atomic E-state index is 12.4. The van der Waals surface area contributed by atoms with Crippen LogP contribution in [0.1, 0.15) is 24.5 Å². The van der Waals surface area contributed by atoms with Crippen molar-refractivity contribution >= 4 is 11.8 Å². The van der Waals surface area contributed by atoms with Gasteiger partial charge in [-0.3, -0.25) is 9.59 Å². The Labute approximate surface area is 131 Å². The van der Waals surface area contributed by atoms with Crippen molar-refractivity contribution in [3.63, 3.8) is 0 Å². The number of alkyl halides is 3. The van der Waals surface area contributed by atoms with Gasteiger partial charge in [0.15, 0.2) is 0 Å². The van der Waals surface area contributed by atoms with Crippen molar-refractivity contribution in [1.29, 1.82) is 5.26 Å². The molecule has 3 N–H and O–H groups in total. The number of nitrogens with zero attached hydrogens (tertiary/aromatic N) is 1. The first-order chi connectivity index (χ1) is 10.6. The molecule has 0 bridgehead atoms. The van der Waals surface area contributed by atoms with Gasteiger partial charge >= 0.3 is 6.18 Å². The average Bonchev–Trinajstić information content (AvgIpc) is 2.45. The third-order valence-electron chi connectivity index (χ3n) is 3.13. The highest BCUT2D eigenvalue weighted by atomic mass is 19.4. The number of nitriles is 1. The van der Waals surface area contributed by atoms with Crippen molar-refractivity contribution in [1.82, 2.24) is 5.32 Å². The Morgan fingerprint density at radius 1 is 1.30 bits per heavy atom. The smallest absolute Gasteiger partial charge is 0.368 e. The maximum absolute atomic E-state index is 12.4. The van der Waals surface area contributed by atoms with Crippen LogP contribution in [0, 0.1) is 17.2 Å². The summed E-state index contributed by atoms with van der Waals surface area (Å²) in [6.45, 7) is 1.58. The van der Waals surface area contributed by atoms with E-state index in [1.54, 1.807) is 6.92 Å². The zero-order valence-corrected chi connectivity index (χ0v) is 12.4. The van der Waals surface area contributed by atoms with Crippen molar-refractivity contribution in [3.05, 3.63) is 35.4 Å². The normalized spacial score (nSPS) is 13.7. The van der Waals surface area contributed by atoms with Crippen LogP contribution < -0.4 is 11.1 Å². The molecule has 0 radical (unpaired) electrons. The predicted octanol–water partition coefficient (Wildman–Crippen LogP) is 1.77. The molecular formula is C15H16F3N3O2. The lowest BCUT2D eigenvalue weighted by atomic mass is 10.0. The molecule has 23 heavy (non-hydrogen) atoms. The fraction of sp³-hybridized carbons (Fsp3) is 0.400. The molecule has 8 heteroatoms. The van der Waals surface area contributed by atoms with E-state index in [4.69, 9.17) is 11.0 Å². The number of amides is 2. The number of hydrogen-bond donors (Lipinski definition) is 2. The summed E-state index contributed by atoms with van der Waals surface area (Å²) >= 11 is 0. The van der Waals surface area contributed by atoms with E-state index in [0.29, 0.717) is 5.56 Å². The number of carbonyl (C=O) groups is 2. The highest BCUT2D eigenvalue weighted by molar-refractivity contribution is 5.87. The Balaban J connectivity index is 2.68. The summed E-state index contributed by atoms with van der Waals surface area (Å²) in [6.07, 6.45) is -4.56. The third kappa shape index (κ3) is 5.98. The van der Waals surface area contributed by atoms with Gasteiger partial charge in [0.05, 0.1) is 18.1 Å². The van der Waals surface area contributed by atoms with Gasteiger partial charge < -0.3 is 11.1 Å². The summed E-state index contributed by atoms with van der Waals surface area (Å²) in [4.78, 5) is 23.1. The maximum Gasteiger partial charge on any atom is 0.416 e. The number of halogens is 3. The number of rotatable bonds is 6. The van der Waals surface area contributed by atoms with E-state index in [9.17, 15) is 22.8 Å². The summed E-state index contributed by atoms with van der Waals surface area (Å²) in [7, 11) is 0. The lowest BCUT2D eigenvalue weighted by molar-refractivity contribution is -0.137. The lowest BCUT2D eigenvalue weighted by Crippen LogP contribution is -2.45. The molecule has 1 aromatic rings. The Morgan fingerprint density at radius 3 is 2.30 bits per heavy atom.